The lowest BCUT2D eigenvalue weighted by atomic mass is 10.3. The summed E-state index contributed by atoms with van der Waals surface area (Å²) in [6, 6.07) is 6.32. The molecule has 0 aromatic heterocycles. The van der Waals surface area contributed by atoms with Crippen LogP contribution in [0.25, 0.3) is 0 Å². The first-order valence-electron chi connectivity index (χ1n) is 6.01. The summed E-state index contributed by atoms with van der Waals surface area (Å²) < 4.78 is 31.7. The van der Waals surface area contributed by atoms with E-state index in [2.05, 4.69) is 4.72 Å². The highest BCUT2D eigenvalue weighted by molar-refractivity contribution is 7.98. The summed E-state index contributed by atoms with van der Waals surface area (Å²) in [5.74, 6) is 1.56. The van der Waals surface area contributed by atoms with E-state index in [9.17, 15) is 8.42 Å². The summed E-state index contributed by atoms with van der Waals surface area (Å²) in [6.07, 6.45) is 2.81. The first kappa shape index (κ1) is 16.3. The number of nitrogens with one attached hydrogen (secondary N) is 1. The van der Waals surface area contributed by atoms with Crippen LogP contribution in [0.1, 0.15) is 6.42 Å². The van der Waals surface area contributed by atoms with Crippen LogP contribution >= 0.6 is 11.8 Å². The maximum Gasteiger partial charge on any atom is 0.240 e. The molecule has 0 amide bonds. The number of sulfonamides is 1. The van der Waals surface area contributed by atoms with Gasteiger partial charge in [-0.15, -0.1) is 0 Å². The van der Waals surface area contributed by atoms with Gasteiger partial charge in [-0.1, -0.05) is 0 Å². The second-order valence-electron chi connectivity index (χ2n) is 3.85. The Morgan fingerprint density at radius 1 is 1.32 bits per heavy atom. The van der Waals surface area contributed by atoms with E-state index in [1.54, 1.807) is 23.9 Å². The molecule has 3 N–H and O–H groups in total. The van der Waals surface area contributed by atoms with Gasteiger partial charge in [0.25, 0.3) is 0 Å². The Morgan fingerprint density at radius 3 is 2.58 bits per heavy atom. The molecule has 0 atom stereocenters. The van der Waals surface area contributed by atoms with Crippen molar-refractivity contribution in [2.45, 2.75) is 11.3 Å². The van der Waals surface area contributed by atoms with Crippen LogP contribution in [0, 0.1) is 0 Å². The first-order valence-corrected chi connectivity index (χ1v) is 8.89. The Bertz CT molecular complexity index is 460. The van der Waals surface area contributed by atoms with Crippen molar-refractivity contribution >= 4 is 21.8 Å². The predicted octanol–water partition coefficient (Wildman–Crippen LogP) is 1.06. The Labute approximate surface area is 119 Å². The maximum absolute atomic E-state index is 11.9. The Hall–Kier alpha value is -0.760. The van der Waals surface area contributed by atoms with Gasteiger partial charge >= 0.3 is 0 Å². The lowest BCUT2D eigenvalue weighted by molar-refractivity contribution is 0.328. The van der Waals surface area contributed by atoms with Crippen molar-refractivity contribution in [2.24, 2.45) is 5.73 Å². The molecule has 1 aromatic carbocycles. The molecule has 0 saturated carbocycles. The molecular weight excluding hydrogens is 284 g/mol. The van der Waals surface area contributed by atoms with Gasteiger partial charge in [-0.2, -0.15) is 11.8 Å². The minimum atomic E-state index is -3.42. The van der Waals surface area contributed by atoms with E-state index in [1.165, 1.54) is 12.1 Å². The summed E-state index contributed by atoms with van der Waals surface area (Å²) in [5.41, 5.74) is 5.32. The van der Waals surface area contributed by atoms with Crippen molar-refractivity contribution in [1.82, 2.24) is 4.72 Å². The number of ether oxygens (including phenoxy) is 1. The fourth-order valence-electron chi connectivity index (χ4n) is 1.40. The van der Waals surface area contributed by atoms with Gasteiger partial charge < -0.3 is 10.5 Å². The number of hydrogen-bond acceptors (Lipinski definition) is 5. The van der Waals surface area contributed by atoms with Crippen LogP contribution in [0.2, 0.25) is 0 Å². The highest BCUT2D eigenvalue weighted by Gasteiger charge is 2.12. The van der Waals surface area contributed by atoms with E-state index in [4.69, 9.17) is 10.5 Å². The van der Waals surface area contributed by atoms with Crippen molar-refractivity contribution in [2.75, 3.05) is 31.7 Å². The van der Waals surface area contributed by atoms with Crippen molar-refractivity contribution in [1.29, 1.82) is 0 Å². The van der Waals surface area contributed by atoms with Crippen LogP contribution < -0.4 is 15.2 Å². The van der Waals surface area contributed by atoms with Gasteiger partial charge in [0, 0.05) is 13.1 Å². The van der Waals surface area contributed by atoms with Crippen LogP contribution in [0.4, 0.5) is 0 Å². The second-order valence-corrected chi connectivity index (χ2v) is 6.61. The molecule has 0 unspecified atom stereocenters. The third-order valence-electron chi connectivity index (χ3n) is 2.34. The van der Waals surface area contributed by atoms with E-state index in [1.807, 2.05) is 6.26 Å². The van der Waals surface area contributed by atoms with Gasteiger partial charge in [-0.25, -0.2) is 13.1 Å². The molecule has 5 nitrogen and oxygen atoms in total. The van der Waals surface area contributed by atoms with Crippen molar-refractivity contribution in [3.05, 3.63) is 24.3 Å². The van der Waals surface area contributed by atoms with Gasteiger partial charge in [-0.3, -0.25) is 0 Å². The normalized spacial score (nSPS) is 11.5. The molecule has 7 heteroatoms. The SMILES string of the molecule is CSCCCNS(=O)(=O)c1ccc(OCCN)cc1. The molecule has 0 bridgehead atoms. The largest absolute Gasteiger partial charge is 0.492 e. The second kappa shape index (κ2) is 8.42. The molecule has 19 heavy (non-hydrogen) atoms. The third-order valence-corrected chi connectivity index (χ3v) is 4.51. The number of rotatable bonds is 9. The Balaban J connectivity index is 2.58. The quantitative estimate of drug-likeness (QED) is 0.667. The number of nitrogens with two attached hydrogens (primary N) is 1. The predicted molar refractivity (Wildman–Crippen MR) is 79.2 cm³/mol. The summed E-state index contributed by atoms with van der Waals surface area (Å²) in [5, 5.41) is 0. The average Bonchev–Trinajstić information content (AvgIpc) is 2.42. The number of hydrogen-bond donors (Lipinski definition) is 2. The zero-order chi connectivity index (χ0) is 14.1. The van der Waals surface area contributed by atoms with Crippen LogP contribution in [-0.4, -0.2) is 40.1 Å². The summed E-state index contributed by atoms with van der Waals surface area (Å²) >= 11 is 1.70. The highest BCUT2D eigenvalue weighted by Crippen LogP contribution is 2.15. The minimum Gasteiger partial charge on any atom is -0.492 e. The fourth-order valence-corrected chi connectivity index (χ4v) is 2.91. The number of benzene rings is 1. The van der Waals surface area contributed by atoms with E-state index in [0.29, 0.717) is 25.4 Å². The molecule has 0 fully saturated rings. The molecule has 0 aliphatic carbocycles. The monoisotopic (exact) mass is 304 g/mol. The van der Waals surface area contributed by atoms with Crippen molar-refractivity contribution in [3.8, 4) is 5.75 Å². The van der Waals surface area contributed by atoms with Crippen LogP contribution in [0.5, 0.6) is 5.75 Å². The molecule has 0 aliphatic heterocycles. The standard InChI is InChI=1S/C12H20N2O3S2/c1-18-10-2-8-14-19(15,16)12-5-3-11(4-6-12)17-9-7-13/h3-6,14H,2,7-10,13H2,1H3. The average molecular weight is 304 g/mol. The third kappa shape index (κ3) is 5.82. The lowest BCUT2D eigenvalue weighted by Gasteiger charge is -2.08. The zero-order valence-electron chi connectivity index (χ0n) is 11.0. The van der Waals surface area contributed by atoms with E-state index < -0.39 is 10.0 Å². The minimum absolute atomic E-state index is 0.247. The zero-order valence-corrected chi connectivity index (χ0v) is 12.6. The van der Waals surface area contributed by atoms with E-state index in [0.717, 1.165) is 12.2 Å². The van der Waals surface area contributed by atoms with E-state index in [-0.39, 0.29) is 4.90 Å². The molecule has 0 radical (unpaired) electrons. The van der Waals surface area contributed by atoms with Crippen LogP contribution in [-0.2, 0) is 10.0 Å². The first-order chi connectivity index (χ1) is 9.10. The molecule has 1 aromatic rings. The highest BCUT2D eigenvalue weighted by atomic mass is 32.2. The summed E-state index contributed by atoms with van der Waals surface area (Å²) in [7, 11) is -3.42. The Kier molecular flexibility index (Phi) is 7.22. The van der Waals surface area contributed by atoms with Crippen molar-refractivity contribution in [3.63, 3.8) is 0 Å². The lowest BCUT2D eigenvalue weighted by Crippen LogP contribution is -2.25. The molecule has 0 heterocycles. The molecular formula is C12H20N2O3S2. The van der Waals surface area contributed by atoms with Gasteiger partial charge in [0.2, 0.25) is 10.0 Å². The Morgan fingerprint density at radius 2 is 2.00 bits per heavy atom. The molecule has 0 saturated heterocycles. The summed E-state index contributed by atoms with van der Waals surface area (Å²) in [4.78, 5) is 0.247. The summed E-state index contributed by atoms with van der Waals surface area (Å²) in [6.45, 7) is 1.30. The number of thioether (sulfide) groups is 1. The van der Waals surface area contributed by atoms with Crippen LogP contribution in [0.3, 0.4) is 0 Å². The molecule has 1 rings (SSSR count). The molecule has 0 aliphatic rings. The van der Waals surface area contributed by atoms with Gasteiger partial charge in [-0.05, 0) is 42.7 Å². The van der Waals surface area contributed by atoms with Crippen molar-refractivity contribution < 1.29 is 13.2 Å². The maximum atomic E-state index is 11.9. The van der Waals surface area contributed by atoms with Gasteiger partial charge in [0.15, 0.2) is 0 Å². The fraction of sp³-hybridized carbons (Fsp3) is 0.500. The van der Waals surface area contributed by atoms with Gasteiger partial charge in [0.05, 0.1) is 4.90 Å². The van der Waals surface area contributed by atoms with E-state index >= 15 is 0 Å². The van der Waals surface area contributed by atoms with Crippen LogP contribution in [0.15, 0.2) is 29.2 Å². The molecule has 0 spiro atoms. The topological polar surface area (TPSA) is 81.4 Å². The smallest absolute Gasteiger partial charge is 0.240 e. The molecule has 108 valence electrons. The van der Waals surface area contributed by atoms with Gasteiger partial charge in [0.1, 0.15) is 12.4 Å².